The van der Waals surface area contributed by atoms with E-state index >= 15 is 0 Å². The topological polar surface area (TPSA) is 98.2 Å². The van der Waals surface area contributed by atoms with Crippen molar-refractivity contribution in [1.29, 1.82) is 0 Å². The molecule has 0 bridgehead atoms. The van der Waals surface area contributed by atoms with Crippen LogP contribution in [0, 0.1) is 12.7 Å². The number of hydrogen-bond acceptors (Lipinski definition) is 5. The van der Waals surface area contributed by atoms with E-state index in [9.17, 15) is 12.8 Å². The number of oxazole rings is 1. The zero-order chi connectivity index (χ0) is 14.0. The van der Waals surface area contributed by atoms with Gasteiger partial charge < -0.3 is 9.73 Å². The van der Waals surface area contributed by atoms with Gasteiger partial charge in [0.05, 0.1) is 23.3 Å². The second-order valence-corrected chi connectivity index (χ2v) is 5.47. The van der Waals surface area contributed by atoms with Crippen molar-refractivity contribution in [3.05, 3.63) is 41.9 Å². The molecule has 0 aliphatic rings. The van der Waals surface area contributed by atoms with Gasteiger partial charge in [0, 0.05) is 0 Å². The summed E-state index contributed by atoms with van der Waals surface area (Å²) in [6.45, 7) is 1.94. The summed E-state index contributed by atoms with van der Waals surface area (Å²) in [7, 11) is -3.90. The van der Waals surface area contributed by atoms with Gasteiger partial charge in [0.2, 0.25) is 15.9 Å². The average Bonchev–Trinajstić information content (AvgIpc) is 2.72. The molecule has 0 saturated carbocycles. The first-order valence-corrected chi connectivity index (χ1v) is 6.88. The van der Waals surface area contributed by atoms with Gasteiger partial charge in [0.15, 0.2) is 0 Å². The van der Waals surface area contributed by atoms with Crippen molar-refractivity contribution in [3.8, 4) is 0 Å². The number of rotatable bonds is 4. The molecular weight excluding hydrogens is 273 g/mol. The Hall–Kier alpha value is -1.93. The van der Waals surface area contributed by atoms with Gasteiger partial charge in [-0.15, -0.1) is 0 Å². The Balaban J connectivity index is 2.14. The quantitative estimate of drug-likeness (QED) is 0.884. The summed E-state index contributed by atoms with van der Waals surface area (Å²) in [6, 6.07) is 3.38. The number of benzene rings is 1. The highest BCUT2D eigenvalue weighted by Crippen LogP contribution is 2.18. The van der Waals surface area contributed by atoms with Gasteiger partial charge >= 0.3 is 0 Å². The maximum atomic E-state index is 13.7. The molecular formula is C11H12FN3O3S. The van der Waals surface area contributed by atoms with Crippen LogP contribution in [0.1, 0.15) is 11.7 Å². The van der Waals surface area contributed by atoms with Gasteiger partial charge in [-0.25, -0.2) is 22.9 Å². The Labute approximate surface area is 109 Å². The van der Waals surface area contributed by atoms with Gasteiger partial charge in [-0.1, -0.05) is 0 Å². The summed E-state index contributed by atoms with van der Waals surface area (Å²) >= 11 is 0. The molecule has 0 aliphatic heterocycles. The number of nitrogens with one attached hydrogen (secondary N) is 1. The van der Waals surface area contributed by atoms with E-state index in [0.717, 1.165) is 6.07 Å². The average molecular weight is 285 g/mol. The predicted molar refractivity (Wildman–Crippen MR) is 66.3 cm³/mol. The van der Waals surface area contributed by atoms with Crippen LogP contribution in [0.5, 0.6) is 0 Å². The van der Waals surface area contributed by atoms with E-state index in [1.165, 1.54) is 12.1 Å². The van der Waals surface area contributed by atoms with Crippen molar-refractivity contribution in [2.24, 2.45) is 5.14 Å². The SMILES string of the molecule is Cc1cnc(CNc2ccc(S(N)(=O)=O)cc2F)o1. The molecule has 0 atom stereocenters. The van der Waals surface area contributed by atoms with Crippen LogP contribution in [-0.2, 0) is 16.6 Å². The van der Waals surface area contributed by atoms with Gasteiger partial charge in [-0.2, -0.15) is 0 Å². The number of nitrogens with two attached hydrogens (primary N) is 1. The van der Waals surface area contributed by atoms with Crippen LogP contribution in [0.15, 0.2) is 33.7 Å². The monoisotopic (exact) mass is 285 g/mol. The molecule has 0 saturated heterocycles. The molecule has 102 valence electrons. The normalized spacial score (nSPS) is 11.5. The smallest absolute Gasteiger partial charge is 0.238 e. The number of aryl methyl sites for hydroxylation is 1. The number of halogens is 1. The van der Waals surface area contributed by atoms with Crippen LogP contribution in [-0.4, -0.2) is 13.4 Å². The van der Waals surface area contributed by atoms with E-state index in [2.05, 4.69) is 10.3 Å². The van der Waals surface area contributed by atoms with E-state index < -0.39 is 15.8 Å². The van der Waals surface area contributed by atoms with Crippen LogP contribution in [0.2, 0.25) is 0 Å². The van der Waals surface area contributed by atoms with Crippen molar-refractivity contribution >= 4 is 15.7 Å². The third-order valence-corrected chi connectivity index (χ3v) is 3.28. The fourth-order valence-corrected chi connectivity index (χ4v) is 2.00. The molecule has 19 heavy (non-hydrogen) atoms. The van der Waals surface area contributed by atoms with E-state index in [-0.39, 0.29) is 17.1 Å². The van der Waals surface area contributed by atoms with Gasteiger partial charge in [0.25, 0.3) is 0 Å². The summed E-state index contributed by atoms with van der Waals surface area (Å²) < 4.78 is 41.0. The molecule has 1 aromatic carbocycles. The van der Waals surface area contributed by atoms with E-state index in [4.69, 9.17) is 9.56 Å². The zero-order valence-corrected chi connectivity index (χ0v) is 10.9. The maximum Gasteiger partial charge on any atom is 0.238 e. The Morgan fingerprint density at radius 1 is 1.47 bits per heavy atom. The number of sulfonamides is 1. The third-order valence-electron chi connectivity index (χ3n) is 2.37. The zero-order valence-electron chi connectivity index (χ0n) is 10.1. The van der Waals surface area contributed by atoms with Crippen molar-refractivity contribution in [2.45, 2.75) is 18.4 Å². The van der Waals surface area contributed by atoms with Crippen molar-refractivity contribution < 1.29 is 17.2 Å². The summed E-state index contributed by atoms with van der Waals surface area (Å²) in [5, 5.41) is 7.66. The largest absolute Gasteiger partial charge is 0.444 e. The lowest BCUT2D eigenvalue weighted by Crippen LogP contribution is -2.12. The van der Waals surface area contributed by atoms with Crippen molar-refractivity contribution in [1.82, 2.24) is 4.98 Å². The minimum atomic E-state index is -3.90. The second-order valence-electron chi connectivity index (χ2n) is 3.90. The molecule has 1 aromatic heterocycles. The van der Waals surface area contributed by atoms with Crippen LogP contribution in [0.25, 0.3) is 0 Å². The molecule has 8 heteroatoms. The first-order chi connectivity index (χ1) is 8.86. The molecule has 0 fully saturated rings. The second kappa shape index (κ2) is 4.98. The lowest BCUT2D eigenvalue weighted by Gasteiger charge is -2.06. The molecule has 3 N–H and O–H groups in total. The molecule has 0 spiro atoms. The fourth-order valence-electron chi connectivity index (χ4n) is 1.47. The number of anilines is 1. The predicted octanol–water partition coefficient (Wildman–Crippen LogP) is 1.38. The lowest BCUT2D eigenvalue weighted by atomic mass is 10.3. The standard InChI is InChI=1S/C11H12FN3O3S/c1-7-5-15-11(18-7)6-14-10-3-2-8(4-9(10)12)19(13,16)17/h2-5,14H,6H2,1H3,(H2,13,16,17). The Kier molecular flexibility index (Phi) is 3.54. The molecule has 0 radical (unpaired) electrons. The van der Waals surface area contributed by atoms with E-state index in [1.807, 2.05) is 0 Å². The number of aromatic nitrogens is 1. The molecule has 6 nitrogen and oxygen atoms in total. The van der Waals surface area contributed by atoms with Crippen LogP contribution in [0.4, 0.5) is 10.1 Å². The molecule has 0 unspecified atom stereocenters. The van der Waals surface area contributed by atoms with Gasteiger partial charge in [-0.05, 0) is 25.1 Å². The molecule has 0 aliphatic carbocycles. The third kappa shape index (κ3) is 3.30. The molecule has 0 amide bonds. The summed E-state index contributed by atoms with van der Waals surface area (Å²) in [5.41, 5.74) is 0.142. The minimum absolute atomic E-state index is 0.142. The number of hydrogen-bond donors (Lipinski definition) is 2. The summed E-state index contributed by atoms with van der Waals surface area (Å²) in [5.74, 6) is 0.351. The summed E-state index contributed by atoms with van der Waals surface area (Å²) in [6.07, 6.45) is 1.55. The van der Waals surface area contributed by atoms with Crippen LogP contribution >= 0.6 is 0 Å². The maximum absolute atomic E-state index is 13.7. The van der Waals surface area contributed by atoms with Gasteiger partial charge in [-0.3, -0.25) is 0 Å². The van der Waals surface area contributed by atoms with Crippen molar-refractivity contribution in [3.63, 3.8) is 0 Å². The Bertz CT molecular complexity index is 697. The highest BCUT2D eigenvalue weighted by atomic mass is 32.2. The Morgan fingerprint density at radius 2 is 2.21 bits per heavy atom. The van der Waals surface area contributed by atoms with Gasteiger partial charge in [0.1, 0.15) is 11.6 Å². The van der Waals surface area contributed by atoms with Crippen molar-refractivity contribution in [2.75, 3.05) is 5.32 Å². The number of nitrogens with zero attached hydrogens (tertiary/aromatic N) is 1. The lowest BCUT2D eigenvalue weighted by molar-refractivity contribution is 0.478. The van der Waals surface area contributed by atoms with Crippen LogP contribution in [0.3, 0.4) is 0 Å². The minimum Gasteiger partial charge on any atom is -0.444 e. The highest BCUT2D eigenvalue weighted by molar-refractivity contribution is 7.89. The highest BCUT2D eigenvalue weighted by Gasteiger charge is 2.11. The fraction of sp³-hybridized carbons (Fsp3) is 0.182. The molecule has 2 rings (SSSR count). The summed E-state index contributed by atoms with van der Waals surface area (Å²) in [4.78, 5) is 3.67. The first-order valence-electron chi connectivity index (χ1n) is 5.34. The van der Waals surface area contributed by atoms with Crippen LogP contribution < -0.4 is 10.5 Å². The van der Waals surface area contributed by atoms with E-state index in [0.29, 0.717) is 11.7 Å². The number of primary sulfonamides is 1. The Morgan fingerprint density at radius 3 is 2.74 bits per heavy atom. The first kappa shape index (κ1) is 13.5. The van der Waals surface area contributed by atoms with E-state index in [1.54, 1.807) is 13.1 Å². The molecule has 1 heterocycles. The molecule has 2 aromatic rings.